The molecule has 4 fully saturated rings. The van der Waals surface area contributed by atoms with Crippen LogP contribution in [0.15, 0.2) is 12.2 Å². The Morgan fingerprint density at radius 1 is 1.10 bits per heavy atom. The van der Waals surface area contributed by atoms with Crippen molar-refractivity contribution in [3.63, 3.8) is 0 Å². The Morgan fingerprint density at radius 3 is 2.53 bits per heavy atom. The van der Waals surface area contributed by atoms with Gasteiger partial charge in [0.2, 0.25) is 0 Å². The van der Waals surface area contributed by atoms with Gasteiger partial charge in [0.05, 0.1) is 0 Å². The molecule has 0 bridgehead atoms. The molecule has 4 aliphatic carbocycles. The molecule has 0 aromatic carbocycles. The summed E-state index contributed by atoms with van der Waals surface area (Å²) in [5, 5.41) is 0. The first-order valence-electron chi connectivity index (χ1n) is 13.6. The average Bonchev–Trinajstić information content (AvgIpc) is 3.03. The van der Waals surface area contributed by atoms with Crippen molar-refractivity contribution in [2.75, 3.05) is 13.6 Å². The summed E-state index contributed by atoms with van der Waals surface area (Å²) >= 11 is 0. The van der Waals surface area contributed by atoms with E-state index in [0.29, 0.717) is 10.8 Å². The van der Waals surface area contributed by atoms with Crippen molar-refractivity contribution in [1.82, 2.24) is 4.90 Å². The third-order valence-corrected chi connectivity index (χ3v) is 11.4. The summed E-state index contributed by atoms with van der Waals surface area (Å²) in [6, 6.07) is 0.741. The van der Waals surface area contributed by atoms with E-state index in [4.69, 9.17) is 0 Å². The average molecular weight is 414 g/mol. The predicted octanol–water partition coefficient (Wildman–Crippen LogP) is 8.10. The van der Waals surface area contributed by atoms with Crippen LogP contribution in [0.5, 0.6) is 0 Å². The summed E-state index contributed by atoms with van der Waals surface area (Å²) in [4.78, 5) is 2.74. The zero-order chi connectivity index (χ0) is 21.5. The number of rotatable bonds is 7. The molecule has 4 rings (SSSR count). The highest BCUT2D eigenvalue weighted by atomic mass is 15.1. The lowest BCUT2D eigenvalue weighted by Crippen LogP contribution is -2.46. The Kier molecular flexibility index (Phi) is 6.80. The van der Waals surface area contributed by atoms with E-state index in [1.54, 1.807) is 0 Å². The first-order chi connectivity index (χ1) is 14.3. The van der Waals surface area contributed by atoms with Gasteiger partial charge in [-0.1, -0.05) is 58.6 Å². The molecule has 4 aliphatic rings. The molecule has 0 aromatic rings. The van der Waals surface area contributed by atoms with Gasteiger partial charge in [0.15, 0.2) is 0 Å². The molecule has 0 radical (unpaired) electrons. The fraction of sp³-hybridized carbons (Fsp3) is 0.931. The molecular formula is C29H51N. The number of fused-ring (bicyclic) bond motifs is 1. The summed E-state index contributed by atoms with van der Waals surface area (Å²) < 4.78 is 0. The molecule has 0 saturated heterocycles. The molecule has 7 atom stereocenters. The molecule has 0 heterocycles. The van der Waals surface area contributed by atoms with Crippen molar-refractivity contribution < 1.29 is 0 Å². The van der Waals surface area contributed by atoms with Crippen LogP contribution in [0.2, 0.25) is 0 Å². The Labute approximate surface area is 188 Å². The van der Waals surface area contributed by atoms with Crippen LogP contribution in [0.1, 0.15) is 111 Å². The molecular weight excluding hydrogens is 362 g/mol. The van der Waals surface area contributed by atoms with Crippen molar-refractivity contribution in [3.8, 4) is 0 Å². The monoisotopic (exact) mass is 413 g/mol. The van der Waals surface area contributed by atoms with Gasteiger partial charge in [0.1, 0.15) is 0 Å². The molecule has 4 saturated carbocycles. The van der Waals surface area contributed by atoms with Crippen molar-refractivity contribution in [1.29, 1.82) is 0 Å². The summed E-state index contributed by atoms with van der Waals surface area (Å²) in [5.41, 5.74) is 2.67. The number of allylic oxidation sites excluding steroid dienone is 1. The molecule has 0 N–H and O–H groups in total. The lowest BCUT2D eigenvalue weighted by atomic mass is 9.53. The van der Waals surface area contributed by atoms with Crippen LogP contribution in [-0.4, -0.2) is 24.5 Å². The zero-order valence-electron chi connectivity index (χ0n) is 21.0. The zero-order valence-corrected chi connectivity index (χ0v) is 21.0. The lowest BCUT2D eigenvalue weighted by Gasteiger charge is -2.52. The third kappa shape index (κ3) is 4.18. The molecule has 172 valence electrons. The fourth-order valence-corrected chi connectivity index (χ4v) is 8.61. The van der Waals surface area contributed by atoms with Crippen LogP contribution in [0.4, 0.5) is 0 Å². The molecule has 0 aromatic heterocycles. The van der Waals surface area contributed by atoms with E-state index in [0.717, 1.165) is 35.6 Å². The molecule has 30 heavy (non-hydrogen) atoms. The van der Waals surface area contributed by atoms with Gasteiger partial charge in [-0.25, -0.2) is 0 Å². The Hall–Kier alpha value is -0.300. The van der Waals surface area contributed by atoms with Crippen molar-refractivity contribution in [3.05, 3.63) is 12.2 Å². The summed E-state index contributed by atoms with van der Waals surface area (Å²) in [7, 11) is 2.42. The third-order valence-electron chi connectivity index (χ3n) is 11.4. The minimum atomic E-state index is 0.538. The van der Waals surface area contributed by atoms with E-state index >= 15 is 0 Å². The van der Waals surface area contributed by atoms with E-state index in [-0.39, 0.29) is 0 Å². The van der Waals surface area contributed by atoms with Gasteiger partial charge in [-0.15, -0.1) is 0 Å². The van der Waals surface area contributed by atoms with Gasteiger partial charge in [-0.05, 0) is 119 Å². The van der Waals surface area contributed by atoms with Crippen LogP contribution >= 0.6 is 0 Å². The Balaban J connectivity index is 1.41. The Morgan fingerprint density at radius 2 is 1.87 bits per heavy atom. The first kappa shape index (κ1) is 22.9. The molecule has 7 unspecified atom stereocenters. The van der Waals surface area contributed by atoms with Crippen LogP contribution in [-0.2, 0) is 0 Å². The second-order valence-electron chi connectivity index (χ2n) is 12.8. The van der Waals surface area contributed by atoms with Gasteiger partial charge in [-0.2, -0.15) is 0 Å². The van der Waals surface area contributed by atoms with Crippen LogP contribution in [0.3, 0.4) is 0 Å². The normalized spacial score (nSPS) is 43.5. The summed E-state index contributed by atoms with van der Waals surface area (Å²) in [5.74, 6) is 4.78. The molecule has 0 spiro atoms. The van der Waals surface area contributed by atoms with Crippen LogP contribution in [0.25, 0.3) is 0 Å². The molecule has 1 nitrogen and oxygen atoms in total. The maximum atomic E-state index is 4.35. The van der Waals surface area contributed by atoms with E-state index < -0.39 is 0 Å². The molecule has 0 aliphatic heterocycles. The van der Waals surface area contributed by atoms with Gasteiger partial charge in [0.25, 0.3) is 0 Å². The topological polar surface area (TPSA) is 3.24 Å². The number of hydrogen-bond acceptors (Lipinski definition) is 1. The molecule has 1 heteroatoms. The van der Waals surface area contributed by atoms with Gasteiger partial charge in [0, 0.05) is 6.04 Å². The largest absolute Gasteiger partial charge is 0.303 e. The summed E-state index contributed by atoms with van der Waals surface area (Å²) in [6.07, 6.45) is 18.7. The van der Waals surface area contributed by atoms with Crippen molar-refractivity contribution >= 4 is 0 Å². The second kappa shape index (κ2) is 8.92. The summed E-state index contributed by atoms with van der Waals surface area (Å²) in [6.45, 7) is 16.1. The quantitative estimate of drug-likeness (QED) is 0.381. The van der Waals surface area contributed by atoms with Gasteiger partial charge in [-0.3, -0.25) is 0 Å². The predicted molar refractivity (Wildman–Crippen MR) is 131 cm³/mol. The van der Waals surface area contributed by atoms with E-state index in [1.807, 2.05) is 0 Å². The van der Waals surface area contributed by atoms with Crippen LogP contribution in [0, 0.1) is 40.4 Å². The first-order valence-corrected chi connectivity index (χ1v) is 13.6. The minimum absolute atomic E-state index is 0.538. The van der Waals surface area contributed by atoms with E-state index in [9.17, 15) is 0 Å². The van der Waals surface area contributed by atoms with E-state index in [2.05, 4.69) is 46.2 Å². The van der Waals surface area contributed by atoms with E-state index in [1.165, 1.54) is 95.6 Å². The molecule has 0 amide bonds. The second-order valence-corrected chi connectivity index (χ2v) is 12.8. The highest BCUT2D eigenvalue weighted by Gasteiger charge is 2.53. The van der Waals surface area contributed by atoms with Gasteiger partial charge < -0.3 is 4.90 Å². The highest BCUT2D eigenvalue weighted by Crippen LogP contribution is 2.61. The minimum Gasteiger partial charge on any atom is -0.303 e. The van der Waals surface area contributed by atoms with Crippen LogP contribution < -0.4 is 0 Å². The maximum absolute atomic E-state index is 4.35. The number of hydrogen-bond donors (Lipinski definition) is 0. The Bertz CT molecular complexity index is 605. The number of nitrogens with zero attached hydrogens (tertiary/aromatic N) is 1. The smallest absolute Gasteiger partial charge is 0.00974 e. The highest BCUT2D eigenvalue weighted by molar-refractivity contribution is 5.09. The fourth-order valence-electron chi connectivity index (χ4n) is 8.61. The SMILES string of the molecule is C=C1CCC2(C)CC(C3CCC(C(C)N(C)CCC4CCC4)C3(C)CC)CCC2C1. The standard InChI is InChI=1S/C29H51N/c1-7-29(5)26(22(3)30(6)18-16-23-9-8-10-23)13-14-27(29)24-11-12-25-19-21(2)15-17-28(25,4)20-24/h22-27H,2,7-20H2,1,3-6H3. The van der Waals surface area contributed by atoms with Crippen molar-refractivity contribution in [2.24, 2.45) is 40.4 Å². The maximum Gasteiger partial charge on any atom is 0.00974 e. The van der Waals surface area contributed by atoms with Gasteiger partial charge >= 0.3 is 0 Å². The van der Waals surface area contributed by atoms with Crippen molar-refractivity contribution in [2.45, 2.75) is 117 Å². The lowest BCUT2D eigenvalue weighted by molar-refractivity contribution is -0.0142.